The van der Waals surface area contributed by atoms with Crippen molar-refractivity contribution < 1.29 is 18.7 Å². The Morgan fingerprint density at radius 2 is 1.89 bits per heavy atom. The number of carbonyl (C=O) groups is 2. The average molecular weight is 476 g/mol. The average Bonchev–Trinajstić information content (AvgIpc) is 3.43. The van der Waals surface area contributed by atoms with Crippen LogP contribution in [0.2, 0.25) is 0 Å². The number of likely N-dealkylation sites (tertiary alicyclic amines) is 1. The Kier molecular flexibility index (Phi) is 6.46. The summed E-state index contributed by atoms with van der Waals surface area (Å²) in [5, 5.41) is 12.3. The van der Waals surface area contributed by atoms with Gasteiger partial charge in [0.2, 0.25) is 5.91 Å². The van der Waals surface area contributed by atoms with Gasteiger partial charge in [0.25, 0.3) is 0 Å². The number of nitriles is 1. The zero-order valence-corrected chi connectivity index (χ0v) is 19.8. The van der Waals surface area contributed by atoms with Gasteiger partial charge in [-0.2, -0.15) is 5.26 Å². The predicted molar refractivity (Wildman–Crippen MR) is 129 cm³/mol. The Morgan fingerprint density at radius 1 is 1.11 bits per heavy atom. The molecule has 1 saturated carbocycles. The minimum Gasteiger partial charge on any atom is -0.445 e. The third kappa shape index (κ3) is 4.75. The third-order valence-corrected chi connectivity index (χ3v) is 7.69. The monoisotopic (exact) mass is 475 g/mol. The van der Waals surface area contributed by atoms with Gasteiger partial charge in [-0.3, -0.25) is 4.79 Å². The number of fused-ring (bicyclic) bond motifs is 3. The van der Waals surface area contributed by atoms with Crippen molar-refractivity contribution >= 4 is 12.0 Å². The highest BCUT2D eigenvalue weighted by Gasteiger charge is 2.41. The molecule has 0 aromatic heterocycles. The zero-order chi connectivity index (χ0) is 24.4. The number of halogens is 1. The van der Waals surface area contributed by atoms with E-state index in [0.29, 0.717) is 12.8 Å². The summed E-state index contributed by atoms with van der Waals surface area (Å²) in [4.78, 5) is 27.3. The van der Waals surface area contributed by atoms with Crippen molar-refractivity contribution in [1.82, 2.24) is 10.2 Å². The Hall–Kier alpha value is -3.40. The molecule has 0 spiro atoms. The minimum absolute atomic E-state index is 0.0516. The summed E-state index contributed by atoms with van der Waals surface area (Å²) in [5.41, 5.74) is 5.11. The van der Waals surface area contributed by atoms with E-state index in [1.54, 1.807) is 0 Å². The number of rotatable bonds is 5. The van der Waals surface area contributed by atoms with Gasteiger partial charge in [-0.1, -0.05) is 61.7 Å². The molecule has 2 aromatic rings. The molecule has 7 heteroatoms. The lowest BCUT2D eigenvalue weighted by molar-refractivity contribution is -0.133. The molecule has 2 amide bonds. The number of nitrogens with zero attached hydrogens (tertiary/aromatic N) is 2. The van der Waals surface area contributed by atoms with Crippen LogP contribution in [0.1, 0.15) is 61.6 Å². The van der Waals surface area contributed by atoms with Gasteiger partial charge in [-0.15, -0.1) is 0 Å². The summed E-state index contributed by atoms with van der Waals surface area (Å²) in [6, 6.07) is 15.7. The molecular formula is C28H30FN3O3. The van der Waals surface area contributed by atoms with Crippen molar-refractivity contribution in [3.05, 3.63) is 59.2 Å². The van der Waals surface area contributed by atoms with E-state index < -0.39 is 23.8 Å². The first-order chi connectivity index (χ1) is 17.0. The summed E-state index contributed by atoms with van der Waals surface area (Å²) >= 11 is 0. The molecule has 1 aliphatic heterocycles. The van der Waals surface area contributed by atoms with Gasteiger partial charge < -0.3 is 15.0 Å². The number of nitrogens with one attached hydrogen (secondary N) is 1. The number of hydrogen-bond acceptors (Lipinski definition) is 4. The first kappa shape index (κ1) is 23.3. The van der Waals surface area contributed by atoms with E-state index in [1.165, 1.54) is 27.2 Å². The van der Waals surface area contributed by atoms with E-state index in [0.717, 1.165) is 31.2 Å². The van der Waals surface area contributed by atoms with E-state index in [2.05, 4.69) is 23.5 Å². The van der Waals surface area contributed by atoms with Gasteiger partial charge in [0, 0.05) is 6.42 Å². The molecule has 0 bridgehead atoms. The van der Waals surface area contributed by atoms with E-state index in [1.807, 2.05) is 30.3 Å². The van der Waals surface area contributed by atoms with Crippen LogP contribution in [-0.2, 0) is 22.6 Å². The molecule has 182 valence electrons. The van der Waals surface area contributed by atoms with Crippen molar-refractivity contribution in [2.24, 2.45) is 0 Å². The molecule has 0 radical (unpaired) electrons. The number of ether oxygens (including phenoxy) is 1. The number of benzene rings is 2. The summed E-state index contributed by atoms with van der Waals surface area (Å²) in [6.45, 7) is 0.0955. The first-order valence-corrected chi connectivity index (χ1v) is 12.5. The third-order valence-electron chi connectivity index (χ3n) is 7.69. The molecule has 2 aromatic carbocycles. The van der Waals surface area contributed by atoms with Crippen molar-refractivity contribution in [1.29, 1.82) is 5.26 Å². The van der Waals surface area contributed by atoms with Crippen LogP contribution < -0.4 is 5.32 Å². The van der Waals surface area contributed by atoms with Crippen LogP contribution in [0, 0.1) is 11.3 Å². The number of amides is 2. The molecule has 1 N–H and O–H groups in total. The highest BCUT2D eigenvalue weighted by Crippen LogP contribution is 2.38. The molecule has 1 heterocycles. The summed E-state index contributed by atoms with van der Waals surface area (Å²) in [5.74, 6) is -0.280. The molecular weight excluding hydrogens is 445 g/mol. The second kappa shape index (κ2) is 9.69. The van der Waals surface area contributed by atoms with E-state index in [9.17, 15) is 19.2 Å². The highest BCUT2D eigenvalue weighted by atomic mass is 19.1. The first-order valence-electron chi connectivity index (χ1n) is 12.5. The summed E-state index contributed by atoms with van der Waals surface area (Å²) < 4.78 is 19.5. The molecule has 2 fully saturated rings. The second-order valence-corrected chi connectivity index (χ2v) is 10.0. The predicted octanol–water partition coefficient (Wildman–Crippen LogP) is 5.04. The largest absolute Gasteiger partial charge is 0.445 e. The van der Waals surface area contributed by atoms with Crippen LogP contribution in [0.3, 0.4) is 0 Å². The fourth-order valence-corrected chi connectivity index (χ4v) is 5.90. The van der Waals surface area contributed by atoms with Gasteiger partial charge >= 0.3 is 6.09 Å². The van der Waals surface area contributed by atoms with Gasteiger partial charge in [0.1, 0.15) is 18.8 Å². The maximum atomic E-state index is 13.9. The molecule has 3 aliphatic rings. The molecule has 2 aliphatic carbocycles. The lowest BCUT2D eigenvalue weighted by Crippen LogP contribution is -2.53. The van der Waals surface area contributed by atoms with Crippen molar-refractivity contribution in [2.75, 3.05) is 6.54 Å². The van der Waals surface area contributed by atoms with E-state index in [4.69, 9.17) is 4.74 Å². The smallest absolute Gasteiger partial charge is 0.407 e. The minimum atomic E-state index is -1.18. The Morgan fingerprint density at radius 3 is 2.69 bits per heavy atom. The number of carbonyl (C=O) groups excluding carboxylic acids is 2. The van der Waals surface area contributed by atoms with Crippen molar-refractivity contribution in [2.45, 2.75) is 75.7 Å². The molecule has 1 saturated heterocycles. The molecule has 0 unspecified atom stereocenters. The summed E-state index contributed by atoms with van der Waals surface area (Å²) in [7, 11) is 0. The molecule has 35 heavy (non-hydrogen) atoms. The number of alkyl halides is 1. The standard InChI is InChI=1S/C28H30FN3O3/c29-21-14-22(16-30)32(17-21)26(33)15-28(11-4-1-5-12-28)31-27(34)35-18-20-8-6-10-24-23-9-3-2-7-19(23)13-25(20)24/h2-3,6-10,21-22H,1,4-5,11-15,17-18H2,(H,31,34)/t21-,22-/m0/s1. The van der Waals surface area contributed by atoms with Crippen LogP contribution in [0.15, 0.2) is 42.5 Å². The lowest BCUT2D eigenvalue weighted by atomic mass is 9.79. The zero-order valence-electron chi connectivity index (χ0n) is 19.8. The van der Waals surface area contributed by atoms with Crippen LogP contribution in [-0.4, -0.2) is 41.2 Å². The Bertz CT molecular complexity index is 1170. The van der Waals surface area contributed by atoms with Gasteiger partial charge in [0.05, 0.1) is 24.6 Å². The number of alkyl carbamates (subject to hydrolysis) is 1. The maximum Gasteiger partial charge on any atom is 0.407 e. The Balaban J connectivity index is 1.25. The fourth-order valence-electron chi connectivity index (χ4n) is 5.90. The van der Waals surface area contributed by atoms with Gasteiger partial charge in [-0.25, -0.2) is 9.18 Å². The molecule has 6 nitrogen and oxygen atoms in total. The van der Waals surface area contributed by atoms with Crippen LogP contribution in [0.4, 0.5) is 9.18 Å². The Labute approximate surface area is 205 Å². The van der Waals surface area contributed by atoms with E-state index >= 15 is 0 Å². The molecule has 2 atom stereocenters. The topological polar surface area (TPSA) is 82.4 Å². The quantitative estimate of drug-likeness (QED) is 0.561. The maximum absolute atomic E-state index is 13.9. The van der Waals surface area contributed by atoms with Crippen LogP contribution in [0.5, 0.6) is 0 Å². The summed E-state index contributed by atoms with van der Waals surface area (Å²) in [6.07, 6.45) is 3.35. The van der Waals surface area contributed by atoms with Crippen molar-refractivity contribution in [3.8, 4) is 17.2 Å². The normalized spacial score (nSPS) is 22.1. The van der Waals surface area contributed by atoms with Crippen LogP contribution in [0.25, 0.3) is 11.1 Å². The highest BCUT2D eigenvalue weighted by molar-refractivity contribution is 5.80. The SMILES string of the molecule is N#C[C@@H]1C[C@H](F)CN1C(=O)CC1(NC(=O)OCc2cccc3c2Cc2ccccc2-3)CCCCC1. The fraction of sp³-hybridized carbons (Fsp3) is 0.464. The van der Waals surface area contributed by atoms with Gasteiger partial charge in [0.15, 0.2) is 0 Å². The lowest BCUT2D eigenvalue weighted by Gasteiger charge is -2.38. The van der Waals surface area contributed by atoms with E-state index in [-0.39, 0.29) is 31.9 Å². The molecule has 5 rings (SSSR count). The van der Waals surface area contributed by atoms with Crippen LogP contribution >= 0.6 is 0 Å². The van der Waals surface area contributed by atoms with Gasteiger partial charge in [-0.05, 0) is 47.1 Å². The number of hydrogen-bond donors (Lipinski definition) is 1. The second-order valence-electron chi connectivity index (χ2n) is 10.0. The van der Waals surface area contributed by atoms with Crippen molar-refractivity contribution in [3.63, 3.8) is 0 Å².